The smallest absolute Gasteiger partial charge is 0.235 e. The highest BCUT2D eigenvalue weighted by atomic mass is 16.5. The number of benzene rings is 1. The molecule has 0 aromatic heterocycles. The van der Waals surface area contributed by atoms with Crippen LogP contribution < -0.4 is 10.1 Å². The topological polar surface area (TPSA) is 47.6 Å². The summed E-state index contributed by atoms with van der Waals surface area (Å²) in [7, 11) is 1.65. The minimum absolute atomic E-state index is 0.109. The summed E-state index contributed by atoms with van der Waals surface area (Å²) >= 11 is 0. The average Bonchev–Trinajstić information content (AvgIpc) is 2.71. The van der Waals surface area contributed by atoms with Crippen LogP contribution in [0.1, 0.15) is 31.7 Å². The van der Waals surface area contributed by atoms with E-state index in [0.29, 0.717) is 6.61 Å². The summed E-state index contributed by atoms with van der Waals surface area (Å²) in [6.45, 7) is 2.74. The molecule has 1 aromatic rings. The van der Waals surface area contributed by atoms with Crippen molar-refractivity contribution >= 4 is 11.6 Å². The lowest BCUT2D eigenvalue weighted by Gasteiger charge is -2.36. The molecule has 2 atom stereocenters. The summed E-state index contributed by atoms with van der Waals surface area (Å²) in [6.07, 6.45) is 2.61. The van der Waals surface area contributed by atoms with Crippen molar-refractivity contribution in [2.75, 3.05) is 19.0 Å². The van der Waals surface area contributed by atoms with Gasteiger partial charge in [-0.05, 0) is 43.0 Å². The maximum Gasteiger partial charge on any atom is 0.235 e. The van der Waals surface area contributed by atoms with Gasteiger partial charge in [-0.3, -0.25) is 4.79 Å². The Kier molecular flexibility index (Phi) is 2.97. The van der Waals surface area contributed by atoms with E-state index in [0.717, 1.165) is 36.3 Å². The van der Waals surface area contributed by atoms with Crippen molar-refractivity contribution in [3.05, 3.63) is 23.8 Å². The fourth-order valence-corrected chi connectivity index (χ4v) is 3.18. The molecule has 1 amide bonds. The highest BCUT2D eigenvalue weighted by Gasteiger charge is 2.49. The molecule has 1 fully saturated rings. The summed E-state index contributed by atoms with van der Waals surface area (Å²) in [5.41, 5.74) is 1.56. The number of carbonyl (C=O) groups excluding carboxylic acids is 1. The zero-order chi connectivity index (χ0) is 13.5. The first-order chi connectivity index (χ1) is 9.19. The Labute approximate surface area is 113 Å². The Morgan fingerprint density at radius 3 is 3.11 bits per heavy atom. The van der Waals surface area contributed by atoms with Gasteiger partial charge >= 0.3 is 0 Å². The van der Waals surface area contributed by atoms with E-state index in [1.807, 2.05) is 18.2 Å². The molecule has 1 aromatic carbocycles. The molecule has 1 saturated heterocycles. The summed E-state index contributed by atoms with van der Waals surface area (Å²) in [6, 6.07) is 5.80. The lowest BCUT2D eigenvalue weighted by Crippen LogP contribution is -2.43. The van der Waals surface area contributed by atoms with Crippen LogP contribution >= 0.6 is 0 Å². The Hall–Kier alpha value is -1.55. The Bertz CT molecular complexity index is 514. The Balaban J connectivity index is 2.05. The van der Waals surface area contributed by atoms with Crippen LogP contribution in [0, 0.1) is 0 Å². The summed E-state index contributed by atoms with van der Waals surface area (Å²) < 4.78 is 11.0. The molecule has 2 unspecified atom stereocenters. The van der Waals surface area contributed by atoms with Gasteiger partial charge in [-0.1, -0.05) is 6.92 Å². The average molecular weight is 261 g/mol. The number of nitrogens with one attached hydrogen (secondary N) is 1. The molecule has 4 heteroatoms. The van der Waals surface area contributed by atoms with E-state index >= 15 is 0 Å². The normalized spacial score (nSPS) is 29.2. The van der Waals surface area contributed by atoms with E-state index < -0.39 is 5.41 Å². The number of anilines is 1. The van der Waals surface area contributed by atoms with Gasteiger partial charge in [-0.25, -0.2) is 0 Å². The zero-order valence-electron chi connectivity index (χ0n) is 11.4. The molecule has 4 nitrogen and oxygen atoms in total. The third-order valence-corrected chi connectivity index (χ3v) is 4.34. The first-order valence-electron chi connectivity index (χ1n) is 6.81. The van der Waals surface area contributed by atoms with Crippen LogP contribution in [0.3, 0.4) is 0 Å². The van der Waals surface area contributed by atoms with Gasteiger partial charge in [0.2, 0.25) is 5.91 Å². The fraction of sp³-hybridized carbons (Fsp3) is 0.533. The molecule has 3 rings (SSSR count). The van der Waals surface area contributed by atoms with Crippen molar-refractivity contribution in [2.45, 2.75) is 37.7 Å². The van der Waals surface area contributed by atoms with Crippen LogP contribution in [0.4, 0.5) is 5.69 Å². The van der Waals surface area contributed by atoms with E-state index in [9.17, 15) is 4.79 Å². The molecule has 0 radical (unpaired) electrons. The summed E-state index contributed by atoms with van der Waals surface area (Å²) in [5, 5.41) is 3.00. The second-order valence-electron chi connectivity index (χ2n) is 5.30. The van der Waals surface area contributed by atoms with Gasteiger partial charge in [0.05, 0.1) is 18.6 Å². The molecular weight excluding hydrogens is 242 g/mol. The SMILES string of the molecule is CCC1CC2(CCO1)C(=O)Nc1ccc(OC)cc12. The largest absolute Gasteiger partial charge is 0.497 e. The number of fused-ring (bicyclic) bond motifs is 2. The lowest BCUT2D eigenvalue weighted by atomic mass is 9.73. The van der Waals surface area contributed by atoms with Crippen LogP contribution in [0.15, 0.2) is 18.2 Å². The van der Waals surface area contributed by atoms with Gasteiger partial charge in [0.15, 0.2) is 0 Å². The van der Waals surface area contributed by atoms with Crippen LogP contribution in [0.5, 0.6) is 5.75 Å². The number of ether oxygens (including phenoxy) is 2. The van der Waals surface area contributed by atoms with Gasteiger partial charge in [0, 0.05) is 12.3 Å². The van der Waals surface area contributed by atoms with Crippen LogP contribution in [-0.2, 0) is 14.9 Å². The maximum atomic E-state index is 12.5. The predicted molar refractivity (Wildman–Crippen MR) is 72.6 cm³/mol. The van der Waals surface area contributed by atoms with Crippen LogP contribution in [0.2, 0.25) is 0 Å². The second kappa shape index (κ2) is 4.53. The molecule has 1 N–H and O–H groups in total. The lowest BCUT2D eigenvalue weighted by molar-refractivity contribution is -0.126. The standard InChI is InChI=1S/C15H19NO3/c1-3-10-9-15(6-7-19-10)12-8-11(18-2)4-5-13(12)16-14(15)17/h4-5,8,10H,3,6-7,9H2,1-2H3,(H,16,17). The molecule has 19 heavy (non-hydrogen) atoms. The number of carbonyl (C=O) groups is 1. The quantitative estimate of drug-likeness (QED) is 0.889. The summed E-state index contributed by atoms with van der Waals surface area (Å²) in [4.78, 5) is 12.5. The van der Waals surface area contributed by atoms with Gasteiger partial charge in [0.25, 0.3) is 0 Å². The molecule has 0 bridgehead atoms. The fourth-order valence-electron chi connectivity index (χ4n) is 3.18. The number of amides is 1. The number of rotatable bonds is 2. The minimum Gasteiger partial charge on any atom is -0.497 e. The molecule has 2 aliphatic rings. The highest BCUT2D eigenvalue weighted by molar-refractivity contribution is 6.06. The number of methoxy groups -OCH3 is 1. The van der Waals surface area contributed by atoms with E-state index in [-0.39, 0.29) is 12.0 Å². The van der Waals surface area contributed by atoms with Crippen molar-refractivity contribution in [3.8, 4) is 5.75 Å². The van der Waals surface area contributed by atoms with Crippen molar-refractivity contribution in [2.24, 2.45) is 0 Å². The molecule has 102 valence electrons. The third kappa shape index (κ3) is 1.82. The van der Waals surface area contributed by atoms with E-state index in [4.69, 9.17) is 9.47 Å². The molecule has 2 heterocycles. The zero-order valence-corrected chi connectivity index (χ0v) is 11.4. The van der Waals surface area contributed by atoms with Gasteiger partial charge < -0.3 is 14.8 Å². The first-order valence-corrected chi connectivity index (χ1v) is 6.81. The number of hydrogen-bond acceptors (Lipinski definition) is 3. The van der Waals surface area contributed by atoms with E-state index in [1.54, 1.807) is 7.11 Å². The predicted octanol–water partition coefficient (Wildman–Crippen LogP) is 2.47. The van der Waals surface area contributed by atoms with E-state index in [1.165, 1.54) is 0 Å². The monoisotopic (exact) mass is 261 g/mol. The second-order valence-corrected chi connectivity index (χ2v) is 5.30. The van der Waals surface area contributed by atoms with Crippen LogP contribution in [-0.4, -0.2) is 25.7 Å². The number of hydrogen-bond donors (Lipinski definition) is 1. The van der Waals surface area contributed by atoms with Crippen LogP contribution in [0.25, 0.3) is 0 Å². The summed E-state index contributed by atoms with van der Waals surface area (Å²) in [5.74, 6) is 0.909. The Morgan fingerprint density at radius 2 is 2.37 bits per heavy atom. The third-order valence-electron chi connectivity index (χ3n) is 4.34. The first kappa shape index (κ1) is 12.5. The van der Waals surface area contributed by atoms with Crippen molar-refractivity contribution in [1.29, 1.82) is 0 Å². The highest BCUT2D eigenvalue weighted by Crippen LogP contribution is 2.47. The molecule has 1 spiro atoms. The molecule has 2 aliphatic heterocycles. The van der Waals surface area contributed by atoms with Gasteiger partial charge in [0.1, 0.15) is 5.75 Å². The van der Waals surface area contributed by atoms with Crippen molar-refractivity contribution in [3.63, 3.8) is 0 Å². The Morgan fingerprint density at radius 1 is 1.53 bits per heavy atom. The molecule has 0 aliphatic carbocycles. The molecular formula is C15H19NO3. The minimum atomic E-state index is -0.428. The molecule has 0 saturated carbocycles. The van der Waals surface area contributed by atoms with Gasteiger partial charge in [-0.2, -0.15) is 0 Å². The van der Waals surface area contributed by atoms with Crippen molar-refractivity contribution < 1.29 is 14.3 Å². The van der Waals surface area contributed by atoms with Crippen molar-refractivity contribution in [1.82, 2.24) is 0 Å². The van der Waals surface area contributed by atoms with Gasteiger partial charge in [-0.15, -0.1) is 0 Å². The van der Waals surface area contributed by atoms with E-state index in [2.05, 4.69) is 12.2 Å². The maximum absolute atomic E-state index is 12.5.